The van der Waals surface area contributed by atoms with Crippen LogP contribution in [-0.4, -0.2) is 15.0 Å². The fourth-order valence-corrected chi connectivity index (χ4v) is 6.20. The summed E-state index contributed by atoms with van der Waals surface area (Å²) < 4.78 is 0. The van der Waals surface area contributed by atoms with Crippen LogP contribution < -0.4 is 0 Å². The van der Waals surface area contributed by atoms with E-state index in [2.05, 4.69) is 69.6 Å². The second-order valence-corrected chi connectivity index (χ2v) is 13.3. The zero-order valence-corrected chi connectivity index (χ0v) is 35.8. The van der Waals surface area contributed by atoms with Gasteiger partial charge < -0.3 is 0 Å². The molecular weight excluding hydrogens is 919 g/mol. The smallest absolute Gasteiger partial charge is 0.295 e. The largest absolute Gasteiger partial charge is 3.00 e. The standard InChI is InChI=1S/3C19H14N.Ir/c3*1-3-9-16(10-4-1)15-18(17-11-5-2-6-12-17)19-13-7-8-14-20-19;/h3*1-14H;/q3*-1;+3. The van der Waals surface area contributed by atoms with Crippen molar-refractivity contribution >= 4 is 16.7 Å². The van der Waals surface area contributed by atoms with E-state index in [4.69, 9.17) is 0 Å². The molecule has 4 heteroatoms. The van der Waals surface area contributed by atoms with Crippen molar-refractivity contribution in [1.29, 1.82) is 0 Å². The average molecular weight is 961 g/mol. The summed E-state index contributed by atoms with van der Waals surface area (Å²) in [4.78, 5) is 13.4. The predicted octanol–water partition coefficient (Wildman–Crippen LogP) is 13.1. The summed E-state index contributed by atoms with van der Waals surface area (Å²) in [6, 6.07) is 79.0. The van der Waals surface area contributed by atoms with E-state index < -0.39 is 0 Å². The molecule has 294 valence electrons. The Morgan fingerprint density at radius 2 is 0.459 bits per heavy atom. The third-order valence-electron chi connectivity index (χ3n) is 9.08. The third-order valence-corrected chi connectivity index (χ3v) is 9.08. The van der Waals surface area contributed by atoms with E-state index in [1.54, 1.807) is 0 Å². The Morgan fingerprint density at radius 1 is 0.246 bits per heavy atom. The van der Waals surface area contributed by atoms with E-state index in [1.807, 2.05) is 219 Å². The van der Waals surface area contributed by atoms with Gasteiger partial charge in [0.1, 0.15) is 0 Å². The quantitative estimate of drug-likeness (QED) is 0.107. The van der Waals surface area contributed by atoms with Gasteiger partial charge in [0, 0.05) is 35.7 Å². The maximum absolute atomic E-state index is 4.45. The maximum Gasteiger partial charge on any atom is 3.00 e. The van der Waals surface area contributed by atoms with Gasteiger partial charge in [-0.05, 0) is 18.2 Å². The van der Waals surface area contributed by atoms with Crippen LogP contribution in [0.1, 0.15) is 50.5 Å². The second-order valence-electron chi connectivity index (χ2n) is 13.3. The third kappa shape index (κ3) is 13.3. The van der Waals surface area contributed by atoms with Gasteiger partial charge in [-0.25, -0.2) is 0 Å². The van der Waals surface area contributed by atoms with Crippen molar-refractivity contribution in [2.45, 2.75) is 0 Å². The molecule has 9 rings (SSSR count). The number of hydrogen-bond acceptors (Lipinski definition) is 3. The molecule has 0 saturated carbocycles. The Kier molecular flexibility index (Phi) is 16.9. The first-order chi connectivity index (χ1) is 29.8. The predicted molar refractivity (Wildman–Crippen MR) is 246 cm³/mol. The molecule has 3 nitrogen and oxygen atoms in total. The molecule has 0 unspecified atom stereocenters. The molecule has 61 heavy (non-hydrogen) atoms. The number of nitrogens with zero attached hydrogens (tertiary/aromatic N) is 3. The van der Waals surface area contributed by atoms with Gasteiger partial charge in [-0.1, -0.05) is 215 Å². The Labute approximate surface area is 373 Å². The number of hydrogen-bond donors (Lipinski definition) is 0. The SMILES string of the molecule is [C-](=C(c1ccccc1)c1ccccn1)c1ccccc1.[C-](=C(c1ccccc1)c1ccccn1)c1ccccc1.[C-](=C(c1ccccc1)c1ccccn1)c1ccccc1.[Ir+3]. The molecule has 9 aromatic rings. The van der Waals surface area contributed by atoms with Crippen molar-refractivity contribution < 1.29 is 20.1 Å². The molecule has 0 aliphatic heterocycles. The number of pyridine rings is 3. The molecule has 0 aliphatic rings. The average Bonchev–Trinajstić information content (AvgIpc) is 3.35. The molecule has 0 saturated heterocycles. The van der Waals surface area contributed by atoms with Crippen molar-refractivity contribution in [2.75, 3.05) is 0 Å². The molecule has 0 N–H and O–H groups in total. The summed E-state index contributed by atoms with van der Waals surface area (Å²) in [5.74, 6) is 0. The first-order valence-corrected chi connectivity index (χ1v) is 19.8. The first kappa shape index (κ1) is 43.2. The van der Waals surface area contributed by atoms with Gasteiger partial charge in [-0.2, -0.15) is 0 Å². The Hall–Kier alpha value is -7.36. The van der Waals surface area contributed by atoms with Crippen LogP contribution in [0.15, 0.2) is 255 Å². The molecule has 0 atom stereocenters. The maximum atomic E-state index is 4.45. The monoisotopic (exact) mass is 961 g/mol. The molecule has 0 bridgehead atoms. The van der Waals surface area contributed by atoms with Gasteiger partial charge >= 0.3 is 20.1 Å². The molecule has 0 spiro atoms. The van der Waals surface area contributed by atoms with Crippen LogP contribution in [0, 0.1) is 18.2 Å². The van der Waals surface area contributed by atoms with Crippen LogP contribution in [0.4, 0.5) is 0 Å². The first-order valence-electron chi connectivity index (χ1n) is 19.8. The topological polar surface area (TPSA) is 38.7 Å². The van der Waals surface area contributed by atoms with E-state index in [0.29, 0.717) is 0 Å². The molecular formula is C57H42IrN3. The van der Waals surface area contributed by atoms with Gasteiger partial charge in [0.15, 0.2) is 0 Å². The van der Waals surface area contributed by atoms with E-state index in [1.165, 1.54) is 0 Å². The number of aromatic nitrogens is 3. The summed E-state index contributed by atoms with van der Waals surface area (Å²) in [5.41, 5.74) is 12.4. The minimum atomic E-state index is 0. The number of rotatable bonds is 9. The second kappa shape index (κ2) is 23.9. The van der Waals surface area contributed by atoms with Crippen molar-refractivity contribution in [3.05, 3.63) is 324 Å². The Balaban J connectivity index is 0.000000152. The van der Waals surface area contributed by atoms with E-state index in [-0.39, 0.29) is 20.1 Å². The summed E-state index contributed by atoms with van der Waals surface area (Å²) in [6.07, 6.45) is 15.8. The van der Waals surface area contributed by atoms with Gasteiger partial charge in [0.25, 0.3) is 0 Å². The Morgan fingerprint density at radius 3 is 0.672 bits per heavy atom. The molecule has 0 aliphatic carbocycles. The summed E-state index contributed by atoms with van der Waals surface area (Å²) in [7, 11) is 0. The van der Waals surface area contributed by atoms with Crippen molar-refractivity contribution in [3.63, 3.8) is 0 Å². The van der Waals surface area contributed by atoms with Crippen LogP contribution in [0.5, 0.6) is 0 Å². The normalized spacial score (nSPS) is 11.1. The van der Waals surface area contributed by atoms with Gasteiger partial charge in [0.05, 0.1) is 0 Å². The number of benzene rings is 6. The summed E-state index contributed by atoms with van der Waals surface area (Å²) in [5, 5.41) is 0. The summed E-state index contributed by atoms with van der Waals surface area (Å²) in [6.45, 7) is 0. The van der Waals surface area contributed by atoms with E-state index in [9.17, 15) is 0 Å². The summed E-state index contributed by atoms with van der Waals surface area (Å²) >= 11 is 0. The molecule has 3 aromatic heterocycles. The fraction of sp³-hybridized carbons (Fsp3) is 0. The van der Waals surface area contributed by atoms with Crippen LogP contribution in [-0.2, 0) is 20.1 Å². The molecule has 0 fully saturated rings. The van der Waals surface area contributed by atoms with Crippen molar-refractivity contribution in [2.24, 2.45) is 0 Å². The van der Waals surface area contributed by atoms with Crippen LogP contribution in [0.25, 0.3) is 16.7 Å². The van der Waals surface area contributed by atoms with Crippen LogP contribution in [0.3, 0.4) is 0 Å². The van der Waals surface area contributed by atoms with E-state index in [0.717, 1.165) is 67.2 Å². The van der Waals surface area contributed by atoms with Gasteiger partial charge in [-0.3, -0.25) is 15.0 Å². The van der Waals surface area contributed by atoms with E-state index >= 15 is 0 Å². The fourth-order valence-electron chi connectivity index (χ4n) is 6.20. The minimum absolute atomic E-state index is 0. The molecule has 3 heterocycles. The van der Waals surface area contributed by atoms with Gasteiger partial charge in [0.2, 0.25) is 0 Å². The van der Waals surface area contributed by atoms with Crippen LogP contribution in [0.2, 0.25) is 0 Å². The molecule has 6 aromatic carbocycles. The zero-order valence-electron chi connectivity index (χ0n) is 33.4. The molecule has 0 amide bonds. The Bertz CT molecular complexity index is 2250. The zero-order chi connectivity index (χ0) is 40.9. The molecule has 0 radical (unpaired) electrons. The van der Waals surface area contributed by atoms with Crippen molar-refractivity contribution in [1.82, 2.24) is 15.0 Å². The minimum Gasteiger partial charge on any atom is -0.295 e. The van der Waals surface area contributed by atoms with Crippen molar-refractivity contribution in [3.8, 4) is 0 Å². The van der Waals surface area contributed by atoms with Gasteiger partial charge in [-0.15, -0.1) is 71.3 Å². The van der Waals surface area contributed by atoms with Crippen LogP contribution >= 0.6 is 0 Å².